The Morgan fingerprint density at radius 1 is 1.14 bits per heavy atom. The number of methoxy groups -OCH3 is 1. The van der Waals surface area contributed by atoms with Gasteiger partial charge in [-0.1, -0.05) is 0 Å². The van der Waals surface area contributed by atoms with Crippen molar-refractivity contribution in [3.63, 3.8) is 0 Å². The predicted molar refractivity (Wildman–Crippen MR) is 115 cm³/mol. The second-order valence-corrected chi connectivity index (χ2v) is 9.19. The van der Waals surface area contributed by atoms with Gasteiger partial charge in [0.15, 0.2) is 0 Å². The van der Waals surface area contributed by atoms with Crippen LogP contribution in [0.3, 0.4) is 0 Å². The molecule has 0 radical (unpaired) electrons. The number of likely N-dealkylation sites (tertiary alicyclic amines) is 1. The summed E-state index contributed by atoms with van der Waals surface area (Å²) in [6.45, 7) is 14.1. The van der Waals surface area contributed by atoms with Gasteiger partial charge in [-0.05, 0) is 46.5 Å². The van der Waals surface area contributed by atoms with E-state index in [0.29, 0.717) is 36.8 Å². The molecule has 7 heteroatoms. The molecule has 3 fully saturated rings. The van der Waals surface area contributed by atoms with Crippen LogP contribution in [0.15, 0.2) is 0 Å². The van der Waals surface area contributed by atoms with E-state index in [1.54, 1.807) is 0 Å². The summed E-state index contributed by atoms with van der Waals surface area (Å²) < 4.78 is 11.2. The van der Waals surface area contributed by atoms with Crippen LogP contribution in [0.2, 0.25) is 0 Å². The highest BCUT2D eigenvalue weighted by Gasteiger charge is 2.34. The van der Waals surface area contributed by atoms with Crippen LogP contribution in [0.1, 0.15) is 46.5 Å². The van der Waals surface area contributed by atoms with Crippen molar-refractivity contribution >= 4 is 5.91 Å². The molecule has 0 aromatic rings. The molecule has 3 aliphatic heterocycles. The summed E-state index contributed by atoms with van der Waals surface area (Å²) >= 11 is 0. The minimum absolute atomic E-state index is 0.162. The molecule has 0 saturated carbocycles. The average molecular weight is 411 g/mol. The molecule has 0 aliphatic carbocycles. The number of carbonyl (C=O) groups is 1. The van der Waals surface area contributed by atoms with E-state index in [-0.39, 0.29) is 5.91 Å². The number of nitrogens with zero attached hydrogens (tertiary/aromatic N) is 3. The molecule has 0 spiro atoms. The van der Waals surface area contributed by atoms with Gasteiger partial charge in [0, 0.05) is 64.0 Å². The first-order valence-electron chi connectivity index (χ1n) is 11.6. The Hall–Kier alpha value is -0.730. The molecule has 0 aromatic carbocycles. The molecule has 3 rings (SSSR count). The maximum Gasteiger partial charge on any atom is 0.234 e. The number of ether oxygens (including phenoxy) is 2. The Balaban J connectivity index is 1.62. The van der Waals surface area contributed by atoms with Crippen molar-refractivity contribution in [3.8, 4) is 0 Å². The molecule has 7 nitrogen and oxygen atoms in total. The molecule has 3 saturated heterocycles. The SMILES string of the molecule is COC1CCN([C@@H](CC[C@@H](C)N2CCOCC2C)[C@H](C)N2CCNC(=O)C2)CC1. The first-order chi connectivity index (χ1) is 14.0. The smallest absolute Gasteiger partial charge is 0.234 e. The summed E-state index contributed by atoms with van der Waals surface area (Å²) in [7, 11) is 1.83. The fraction of sp³-hybridized carbons (Fsp3) is 0.955. The third kappa shape index (κ3) is 6.14. The summed E-state index contributed by atoms with van der Waals surface area (Å²) in [5, 5.41) is 2.97. The predicted octanol–water partition coefficient (Wildman–Crippen LogP) is 1.18. The number of amides is 1. The van der Waals surface area contributed by atoms with Gasteiger partial charge in [-0.2, -0.15) is 0 Å². The van der Waals surface area contributed by atoms with Crippen molar-refractivity contribution in [1.82, 2.24) is 20.0 Å². The van der Waals surface area contributed by atoms with E-state index >= 15 is 0 Å². The van der Waals surface area contributed by atoms with Gasteiger partial charge in [-0.15, -0.1) is 0 Å². The molecule has 4 atom stereocenters. The van der Waals surface area contributed by atoms with Crippen LogP contribution >= 0.6 is 0 Å². The van der Waals surface area contributed by atoms with Crippen LogP contribution in [0.5, 0.6) is 0 Å². The van der Waals surface area contributed by atoms with Gasteiger partial charge in [0.2, 0.25) is 5.91 Å². The summed E-state index contributed by atoms with van der Waals surface area (Å²) in [5.74, 6) is 0.162. The third-order valence-electron chi connectivity index (χ3n) is 7.35. The summed E-state index contributed by atoms with van der Waals surface area (Å²) in [5.41, 5.74) is 0. The maximum absolute atomic E-state index is 12.0. The summed E-state index contributed by atoms with van der Waals surface area (Å²) in [4.78, 5) is 19.6. The van der Waals surface area contributed by atoms with E-state index in [4.69, 9.17) is 9.47 Å². The lowest BCUT2D eigenvalue weighted by Crippen LogP contribution is -2.58. The first-order valence-corrected chi connectivity index (χ1v) is 11.6. The number of hydrogen-bond acceptors (Lipinski definition) is 6. The number of rotatable bonds is 8. The van der Waals surface area contributed by atoms with Crippen LogP contribution in [-0.2, 0) is 14.3 Å². The zero-order valence-corrected chi connectivity index (χ0v) is 18.9. The van der Waals surface area contributed by atoms with Crippen molar-refractivity contribution in [1.29, 1.82) is 0 Å². The number of piperazine rings is 1. The normalized spacial score (nSPS) is 29.4. The molecule has 0 bridgehead atoms. The standard InChI is InChI=1S/C22H42N4O3/c1-17(26-13-14-29-16-18(26)2)5-6-21(24-10-7-20(28-4)8-11-24)19(3)25-12-9-23-22(27)15-25/h17-21H,5-16H2,1-4H3,(H,23,27)/t17-,18?,19+,21+/m1/s1. The highest BCUT2D eigenvalue weighted by molar-refractivity contribution is 5.78. The number of piperidine rings is 1. The van der Waals surface area contributed by atoms with Crippen molar-refractivity contribution in [2.24, 2.45) is 0 Å². The Morgan fingerprint density at radius 2 is 1.90 bits per heavy atom. The van der Waals surface area contributed by atoms with Gasteiger partial charge in [-0.3, -0.25) is 19.5 Å². The highest BCUT2D eigenvalue weighted by Crippen LogP contribution is 2.25. The Morgan fingerprint density at radius 3 is 2.55 bits per heavy atom. The molecule has 3 heterocycles. The van der Waals surface area contributed by atoms with Gasteiger partial charge in [0.05, 0.1) is 25.9 Å². The van der Waals surface area contributed by atoms with Crippen LogP contribution in [0.4, 0.5) is 0 Å². The molecule has 1 unspecified atom stereocenters. The van der Waals surface area contributed by atoms with Gasteiger partial charge in [-0.25, -0.2) is 0 Å². The van der Waals surface area contributed by atoms with Gasteiger partial charge in [0.1, 0.15) is 0 Å². The number of hydrogen-bond donors (Lipinski definition) is 1. The van der Waals surface area contributed by atoms with Gasteiger partial charge < -0.3 is 14.8 Å². The monoisotopic (exact) mass is 410 g/mol. The van der Waals surface area contributed by atoms with Crippen molar-refractivity contribution < 1.29 is 14.3 Å². The number of morpholine rings is 1. The first kappa shape index (κ1) is 22.9. The largest absolute Gasteiger partial charge is 0.381 e. The quantitative estimate of drug-likeness (QED) is 0.648. The van der Waals surface area contributed by atoms with Crippen molar-refractivity contribution in [2.45, 2.75) is 76.7 Å². The molecule has 168 valence electrons. The van der Waals surface area contributed by atoms with Gasteiger partial charge in [0.25, 0.3) is 0 Å². The van der Waals surface area contributed by atoms with Crippen LogP contribution in [0.25, 0.3) is 0 Å². The van der Waals surface area contributed by atoms with Crippen molar-refractivity contribution in [3.05, 3.63) is 0 Å². The van der Waals surface area contributed by atoms with Crippen LogP contribution in [-0.4, -0.2) is 110 Å². The molecular formula is C22H42N4O3. The lowest BCUT2D eigenvalue weighted by molar-refractivity contribution is -0.125. The van der Waals surface area contributed by atoms with E-state index in [1.807, 2.05) is 7.11 Å². The van der Waals surface area contributed by atoms with Crippen molar-refractivity contribution in [2.75, 3.05) is 59.6 Å². The molecule has 29 heavy (non-hydrogen) atoms. The van der Waals surface area contributed by atoms with E-state index < -0.39 is 0 Å². The topological polar surface area (TPSA) is 57.3 Å². The summed E-state index contributed by atoms with van der Waals surface area (Å²) in [6.07, 6.45) is 4.97. The van der Waals surface area contributed by atoms with E-state index in [1.165, 1.54) is 12.8 Å². The van der Waals surface area contributed by atoms with E-state index in [9.17, 15) is 4.79 Å². The average Bonchev–Trinajstić information content (AvgIpc) is 2.74. The lowest BCUT2D eigenvalue weighted by atomic mass is 9.94. The third-order valence-corrected chi connectivity index (χ3v) is 7.35. The Labute approximate surface area is 177 Å². The van der Waals surface area contributed by atoms with E-state index in [2.05, 4.69) is 40.8 Å². The maximum atomic E-state index is 12.0. The van der Waals surface area contributed by atoms with Crippen LogP contribution < -0.4 is 5.32 Å². The summed E-state index contributed by atoms with van der Waals surface area (Å²) in [6, 6.07) is 1.93. The minimum atomic E-state index is 0.162. The molecule has 3 aliphatic rings. The fourth-order valence-electron chi connectivity index (χ4n) is 5.39. The lowest BCUT2D eigenvalue weighted by Gasteiger charge is -2.45. The van der Waals surface area contributed by atoms with Crippen LogP contribution in [0, 0.1) is 0 Å². The highest BCUT2D eigenvalue weighted by atomic mass is 16.5. The minimum Gasteiger partial charge on any atom is -0.381 e. The second-order valence-electron chi connectivity index (χ2n) is 9.19. The van der Waals surface area contributed by atoms with Gasteiger partial charge >= 0.3 is 0 Å². The number of carbonyl (C=O) groups excluding carboxylic acids is 1. The molecule has 0 aromatic heterocycles. The Kier molecular flexibility index (Phi) is 8.74. The van der Waals surface area contributed by atoms with E-state index in [0.717, 1.165) is 58.8 Å². The zero-order valence-electron chi connectivity index (χ0n) is 18.9. The molecule has 1 N–H and O–H groups in total. The number of nitrogens with one attached hydrogen (secondary N) is 1. The zero-order chi connectivity index (χ0) is 20.8. The second kappa shape index (κ2) is 11.0. The fourth-order valence-corrected chi connectivity index (χ4v) is 5.39. The molecule has 1 amide bonds. The molecular weight excluding hydrogens is 368 g/mol. The Bertz CT molecular complexity index is 512.